The van der Waals surface area contributed by atoms with Crippen molar-refractivity contribution in [2.45, 2.75) is 24.9 Å². The number of nitrogens with zero attached hydrogens (tertiary/aromatic N) is 2. The van der Waals surface area contributed by atoms with Crippen LogP contribution in [0, 0.1) is 0 Å². The molecule has 2 aliphatic rings. The summed E-state index contributed by atoms with van der Waals surface area (Å²) in [6, 6.07) is 2.93. The van der Waals surface area contributed by atoms with Crippen LogP contribution in [-0.4, -0.2) is 48.6 Å². The number of halogens is 2. The Morgan fingerprint density at radius 3 is 2.89 bits per heavy atom. The SMILES string of the molecule is NCC(c1cc(Br)c(Br)o1)N1CCN2CCCC2C1. The van der Waals surface area contributed by atoms with E-state index in [2.05, 4.69) is 41.7 Å². The summed E-state index contributed by atoms with van der Waals surface area (Å²) in [6.45, 7) is 5.21. The Morgan fingerprint density at radius 1 is 1.37 bits per heavy atom. The first kappa shape index (κ1) is 14.1. The van der Waals surface area contributed by atoms with E-state index in [0.717, 1.165) is 34.5 Å². The third-order valence-electron chi connectivity index (χ3n) is 4.28. The molecule has 2 N–H and O–H groups in total. The largest absolute Gasteiger partial charge is 0.451 e. The second-order valence-corrected chi connectivity index (χ2v) is 6.92. The fraction of sp³-hybridized carbons (Fsp3) is 0.692. The molecule has 106 valence electrons. The third-order valence-corrected chi connectivity index (χ3v) is 5.99. The Labute approximate surface area is 130 Å². The fourth-order valence-corrected chi connectivity index (χ4v) is 3.88. The first-order valence-corrected chi connectivity index (χ1v) is 8.40. The van der Waals surface area contributed by atoms with Crippen molar-refractivity contribution in [2.24, 2.45) is 5.73 Å². The lowest BCUT2D eigenvalue weighted by Crippen LogP contribution is -2.52. The van der Waals surface area contributed by atoms with Crippen molar-refractivity contribution < 1.29 is 4.42 Å². The molecule has 2 unspecified atom stereocenters. The molecule has 2 aliphatic heterocycles. The Bertz CT molecular complexity index is 432. The molecule has 0 radical (unpaired) electrons. The number of hydrogen-bond donors (Lipinski definition) is 1. The molecule has 2 fully saturated rings. The van der Waals surface area contributed by atoms with Gasteiger partial charge in [-0.3, -0.25) is 9.80 Å². The zero-order valence-electron chi connectivity index (χ0n) is 10.8. The van der Waals surface area contributed by atoms with Crippen LogP contribution in [0.2, 0.25) is 0 Å². The van der Waals surface area contributed by atoms with Crippen LogP contribution in [-0.2, 0) is 0 Å². The van der Waals surface area contributed by atoms with Gasteiger partial charge in [-0.15, -0.1) is 0 Å². The second kappa shape index (κ2) is 5.85. The summed E-state index contributed by atoms with van der Waals surface area (Å²) in [5.74, 6) is 0.952. The number of hydrogen-bond acceptors (Lipinski definition) is 4. The molecule has 0 bridgehead atoms. The normalized spacial score (nSPS) is 26.6. The van der Waals surface area contributed by atoms with Crippen LogP contribution in [0.25, 0.3) is 0 Å². The van der Waals surface area contributed by atoms with E-state index >= 15 is 0 Å². The van der Waals surface area contributed by atoms with Crippen molar-refractivity contribution in [3.63, 3.8) is 0 Å². The third kappa shape index (κ3) is 2.78. The molecule has 0 aromatic carbocycles. The van der Waals surface area contributed by atoms with Gasteiger partial charge in [-0.05, 0) is 57.3 Å². The monoisotopic (exact) mass is 391 g/mol. The van der Waals surface area contributed by atoms with Gasteiger partial charge in [0.1, 0.15) is 5.76 Å². The maximum absolute atomic E-state index is 5.99. The minimum Gasteiger partial charge on any atom is -0.451 e. The van der Waals surface area contributed by atoms with Gasteiger partial charge < -0.3 is 10.2 Å². The van der Waals surface area contributed by atoms with E-state index in [1.807, 2.05) is 6.07 Å². The molecule has 4 nitrogen and oxygen atoms in total. The molecule has 0 amide bonds. The first-order chi connectivity index (χ1) is 9.19. The molecule has 1 aromatic rings. The quantitative estimate of drug-likeness (QED) is 0.858. The number of piperazine rings is 1. The number of fused-ring (bicyclic) bond motifs is 1. The highest BCUT2D eigenvalue weighted by molar-refractivity contribution is 9.13. The molecule has 2 atom stereocenters. The van der Waals surface area contributed by atoms with E-state index in [4.69, 9.17) is 10.2 Å². The van der Waals surface area contributed by atoms with Crippen molar-refractivity contribution >= 4 is 31.9 Å². The van der Waals surface area contributed by atoms with Crippen LogP contribution < -0.4 is 5.73 Å². The minimum atomic E-state index is 0.186. The van der Waals surface area contributed by atoms with Crippen molar-refractivity contribution in [2.75, 3.05) is 32.7 Å². The predicted molar refractivity (Wildman–Crippen MR) is 82.1 cm³/mol. The van der Waals surface area contributed by atoms with E-state index in [1.54, 1.807) is 0 Å². The number of rotatable bonds is 3. The van der Waals surface area contributed by atoms with E-state index in [0.29, 0.717) is 12.6 Å². The van der Waals surface area contributed by atoms with Gasteiger partial charge in [-0.25, -0.2) is 0 Å². The van der Waals surface area contributed by atoms with E-state index < -0.39 is 0 Å². The summed E-state index contributed by atoms with van der Waals surface area (Å²) in [7, 11) is 0. The molecular formula is C13H19Br2N3O. The van der Waals surface area contributed by atoms with Gasteiger partial charge in [-0.1, -0.05) is 0 Å². The Hall–Kier alpha value is 0.120. The molecule has 0 saturated carbocycles. The Balaban J connectivity index is 1.75. The highest BCUT2D eigenvalue weighted by atomic mass is 79.9. The van der Waals surface area contributed by atoms with Gasteiger partial charge in [0.2, 0.25) is 0 Å². The van der Waals surface area contributed by atoms with Gasteiger partial charge in [0, 0.05) is 32.2 Å². The molecule has 0 aliphatic carbocycles. The first-order valence-electron chi connectivity index (χ1n) is 6.82. The predicted octanol–water partition coefficient (Wildman–Crippen LogP) is 2.58. The van der Waals surface area contributed by atoms with Gasteiger partial charge in [-0.2, -0.15) is 0 Å². The lowest BCUT2D eigenvalue weighted by atomic mass is 10.1. The van der Waals surface area contributed by atoms with E-state index in [9.17, 15) is 0 Å². The molecular weight excluding hydrogens is 374 g/mol. The molecule has 2 saturated heterocycles. The highest BCUT2D eigenvalue weighted by Gasteiger charge is 2.34. The molecule has 3 heterocycles. The summed E-state index contributed by atoms with van der Waals surface area (Å²) in [5, 5.41) is 0. The summed E-state index contributed by atoms with van der Waals surface area (Å²) < 4.78 is 7.48. The van der Waals surface area contributed by atoms with Crippen molar-refractivity contribution in [3.8, 4) is 0 Å². The summed E-state index contributed by atoms with van der Waals surface area (Å²) >= 11 is 6.88. The van der Waals surface area contributed by atoms with Crippen LogP contribution >= 0.6 is 31.9 Å². The average molecular weight is 393 g/mol. The van der Waals surface area contributed by atoms with Crippen molar-refractivity contribution in [1.82, 2.24) is 9.80 Å². The van der Waals surface area contributed by atoms with E-state index in [-0.39, 0.29) is 6.04 Å². The maximum atomic E-state index is 5.99. The summed E-state index contributed by atoms with van der Waals surface area (Å²) in [5.41, 5.74) is 5.99. The van der Waals surface area contributed by atoms with Gasteiger partial charge in [0.25, 0.3) is 0 Å². The van der Waals surface area contributed by atoms with E-state index in [1.165, 1.54) is 19.4 Å². The van der Waals surface area contributed by atoms with Crippen LogP contribution in [0.1, 0.15) is 24.6 Å². The molecule has 3 rings (SSSR count). The Morgan fingerprint density at radius 2 is 2.21 bits per heavy atom. The molecule has 19 heavy (non-hydrogen) atoms. The standard InChI is InChI=1S/C13H19Br2N3O/c14-10-6-12(19-13(10)15)11(7-16)18-5-4-17-3-1-2-9(17)8-18/h6,9,11H,1-5,7-8,16H2. The lowest BCUT2D eigenvalue weighted by molar-refractivity contribution is 0.0658. The minimum absolute atomic E-state index is 0.186. The number of nitrogens with two attached hydrogens (primary N) is 1. The molecule has 6 heteroatoms. The second-order valence-electron chi connectivity index (χ2n) is 5.35. The van der Waals surface area contributed by atoms with Crippen LogP contribution in [0.15, 0.2) is 19.6 Å². The summed E-state index contributed by atoms with van der Waals surface area (Å²) in [4.78, 5) is 5.09. The van der Waals surface area contributed by atoms with Gasteiger partial charge in [0.15, 0.2) is 4.67 Å². The fourth-order valence-electron chi connectivity index (χ4n) is 3.27. The summed E-state index contributed by atoms with van der Waals surface area (Å²) in [6.07, 6.45) is 2.66. The van der Waals surface area contributed by atoms with Crippen molar-refractivity contribution in [3.05, 3.63) is 21.0 Å². The smallest absolute Gasteiger partial charge is 0.183 e. The van der Waals surface area contributed by atoms with Gasteiger partial charge >= 0.3 is 0 Å². The van der Waals surface area contributed by atoms with Crippen LogP contribution in [0.3, 0.4) is 0 Å². The lowest BCUT2D eigenvalue weighted by Gasteiger charge is -2.40. The molecule has 0 spiro atoms. The van der Waals surface area contributed by atoms with Crippen LogP contribution in [0.4, 0.5) is 0 Å². The van der Waals surface area contributed by atoms with Crippen molar-refractivity contribution in [1.29, 1.82) is 0 Å². The highest BCUT2D eigenvalue weighted by Crippen LogP contribution is 2.33. The number of furan rings is 1. The zero-order valence-corrected chi connectivity index (χ0v) is 14.0. The average Bonchev–Trinajstić information content (AvgIpc) is 2.98. The molecule has 1 aromatic heterocycles. The van der Waals surface area contributed by atoms with Gasteiger partial charge in [0.05, 0.1) is 10.5 Å². The topological polar surface area (TPSA) is 45.6 Å². The Kier molecular flexibility index (Phi) is 4.34. The maximum Gasteiger partial charge on any atom is 0.183 e. The zero-order chi connectivity index (χ0) is 13.4. The van der Waals surface area contributed by atoms with Crippen LogP contribution in [0.5, 0.6) is 0 Å².